The molecule has 2 rings (SSSR count). The van der Waals surface area contributed by atoms with E-state index >= 15 is 0 Å². The normalized spacial score (nSPS) is 12.1. The van der Waals surface area contributed by atoms with Gasteiger partial charge in [0, 0.05) is 0 Å². The molecule has 0 aliphatic rings. The molecule has 0 aliphatic carbocycles. The monoisotopic (exact) mass is 244 g/mol. The first-order valence-corrected chi connectivity index (χ1v) is 6.22. The summed E-state index contributed by atoms with van der Waals surface area (Å²) in [6, 6.07) is 13.6. The van der Waals surface area contributed by atoms with Crippen molar-refractivity contribution in [3.8, 4) is 0 Å². The first-order valence-electron chi connectivity index (χ1n) is 6.22. The van der Waals surface area contributed by atoms with Gasteiger partial charge in [-0.15, -0.1) is 0 Å². The van der Waals surface area contributed by atoms with Crippen molar-refractivity contribution in [2.24, 2.45) is 0 Å². The van der Waals surface area contributed by atoms with Crippen molar-refractivity contribution in [3.05, 3.63) is 60.2 Å². The lowest BCUT2D eigenvalue weighted by Gasteiger charge is -2.19. The van der Waals surface area contributed by atoms with Crippen LogP contribution in [-0.2, 0) is 0 Å². The van der Waals surface area contributed by atoms with Crippen LogP contribution in [0.25, 0.3) is 0 Å². The fourth-order valence-electron chi connectivity index (χ4n) is 1.96. The summed E-state index contributed by atoms with van der Waals surface area (Å²) in [5.74, 6) is -0.452. The van der Waals surface area contributed by atoms with Crippen LogP contribution in [0.15, 0.2) is 48.7 Å². The van der Waals surface area contributed by atoms with Gasteiger partial charge in [-0.2, -0.15) is 4.39 Å². The number of pyridine rings is 1. The molecule has 2 aromatic rings. The fourth-order valence-corrected chi connectivity index (χ4v) is 1.96. The molecule has 1 N–H and O–H groups in total. The molecule has 0 aliphatic heterocycles. The van der Waals surface area contributed by atoms with E-state index in [1.807, 2.05) is 18.2 Å². The number of hydrogen-bond donors (Lipinski definition) is 1. The van der Waals surface area contributed by atoms with Crippen molar-refractivity contribution in [2.75, 3.05) is 5.32 Å². The predicted octanol–water partition coefficient (Wildman–Crippen LogP) is 4.17. The highest BCUT2D eigenvalue weighted by Crippen LogP contribution is 2.23. The van der Waals surface area contributed by atoms with Gasteiger partial charge in [0.25, 0.3) is 0 Å². The van der Waals surface area contributed by atoms with E-state index in [4.69, 9.17) is 0 Å². The SMILES string of the molecule is CCCC(Nc1ccc(F)nc1)c1ccccc1. The van der Waals surface area contributed by atoms with Crippen LogP contribution >= 0.6 is 0 Å². The smallest absolute Gasteiger partial charge is 0.212 e. The van der Waals surface area contributed by atoms with Crippen molar-refractivity contribution < 1.29 is 4.39 Å². The van der Waals surface area contributed by atoms with Crippen LogP contribution in [0.3, 0.4) is 0 Å². The zero-order valence-corrected chi connectivity index (χ0v) is 10.4. The maximum absolute atomic E-state index is 12.8. The lowest BCUT2D eigenvalue weighted by molar-refractivity contribution is 0.583. The Kier molecular flexibility index (Phi) is 4.29. The molecule has 94 valence electrons. The second kappa shape index (κ2) is 6.15. The quantitative estimate of drug-likeness (QED) is 0.798. The summed E-state index contributed by atoms with van der Waals surface area (Å²) < 4.78 is 12.8. The van der Waals surface area contributed by atoms with Crippen LogP contribution in [0.4, 0.5) is 10.1 Å². The van der Waals surface area contributed by atoms with Crippen LogP contribution in [0.1, 0.15) is 31.4 Å². The van der Waals surface area contributed by atoms with Gasteiger partial charge in [0.1, 0.15) is 0 Å². The maximum atomic E-state index is 12.8. The van der Waals surface area contributed by atoms with Gasteiger partial charge in [-0.05, 0) is 24.1 Å². The first-order chi connectivity index (χ1) is 8.79. The Morgan fingerprint density at radius 1 is 1.17 bits per heavy atom. The van der Waals surface area contributed by atoms with E-state index in [0.717, 1.165) is 18.5 Å². The van der Waals surface area contributed by atoms with E-state index in [1.54, 1.807) is 6.07 Å². The summed E-state index contributed by atoms with van der Waals surface area (Å²) in [4.78, 5) is 3.66. The van der Waals surface area contributed by atoms with E-state index in [9.17, 15) is 4.39 Å². The number of anilines is 1. The number of aromatic nitrogens is 1. The number of nitrogens with one attached hydrogen (secondary N) is 1. The van der Waals surface area contributed by atoms with Crippen molar-refractivity contribution in [1.82, 2.24) is 4.98 Å². The Hall–Kier alpha value is -1.90. The largest absolute Gasteiger partial charge is 0.377 e. The Balaban J connectivity index is 2.14. The van der Waals surface area contributed by atoms with Crippen molar-refractivity contribution in [2.45, 2.75) is 25.8 Å². The van der Waals surface area contributed by atoms with Gasteiger partial charge in [-0.3, -0.25) is 0 Å². The summed E-state index contributed by atoms with van der Waals surface area (Å²) in [6.07, 6.45) is 3.64. The highest BCUT2D eigenvalue weighted by Gasteiger charge is 2.09. The third-order valence-corrected chi connectivity index (χ3v) is 2.85. The second-order valence-electron chi connectivity index (χ2n) is 4.27. The zero-order valence-electron chi connectivity index (χ0n) is 10.4. The average molecular weight is 244 g/mol. The lowest BCUT2D eigenvalue weighted by atomic mass is 10.0. The van der Waals surface area contributed by atoms with E-state index in [2.05, 4.69) is 29.4 Å². The van der Waals surface area contributed by atoms with Gasteiger partial charge in [-0.1, -0.05) is 43.7 Å². The molecular weight excluding hydrogens is 227 g/mol. The van der Waals surface area contributed by atoms with Crippen molar-refractivity contribution in [1.29, 1.82) is 0 Å². The topological polar surface area (TPSA) is 24.9 Å². The molecule has 0 saturated carbocycles. The van der Waals surface area contributed by atoms with Gasteiger partial charge < -0.3 is 5.32 Å². The van der Waals surface area contributed by atoms with Crippen LogP contribution in [-0.4, -0.2) is 4.98 Å². The zero-order chi connectivity index (χ0) is 12.8. The summed E-state index contributed by atoms with van der Waals surface area (Å²) in [7, 11) is 0. The molecule has 0 saturated heterocycles. The third-order valence-electron chi connectivity index (χ3n) is 2.85. The van der Waals surface area contributed by atoms with Gasteiger partial charge in [0.2, 0.25) is 5.95 Å². The average Bonchev–Trinajstić information content (AvgIpc) is 2.42. The van der Waals surface area contributed by atoms with Gasteiger partial charge in [0.15, 0.2) is 0 Å². The molecule has 0 amide bonds. The van der Waals surface area contributed by atoms with Crippen LogP contribution in [0, 0.1) is 5.95 Å². The summed E-state index contributed by atoms with van der Waals surface area (Å²) >= 11 is 0. The van der Waals surface area contributed by atoms with Gasteiger partial charge in [-0.25, -0.2) is 4.98 Å². The van der Waals surface area contributed by atoms with E-state index < -0.39 is 5.95 Å². The molecule has 0 fully saturated rings. The number of rotatable bonds is 5. The summed E-state index contributed by atoms with van der Waals surface area (Å²) in [5, 5.41) is 3.39. The minimum atomic E-state index is -0.452. The minimum absolute atomic E-state index is 0.239. The molecule has 1 aromatic heterocycles. The van der Waals surface area contributed by atoms with Crippen LogP contribution in [0.5, 0.6) is 0 Å². The Morgan fingerprint density at radius 2 is 1.94 bits per heavy atom. The maximum Gasteiger partial charge on any atom is 0.212 e. The first kappa shape index (κ1) is 12.6. The number of benzene rings is 1. The van der Waals surface area contributed by atoms with Crippen molar-refractivity contribution >= 4 is 5.69 Å². The molecule has 3 heteroatoms. The molecule has 2 nitrogen and oxygen atoms in total. The lowest BCUT2D eigenvalue weighted by Crippen LogP contribution is -2.10. The highest BCUT2D eigenvalue weighted by atomic mass is 19.1. The summed E-state index contributed by atoms with van der Waals surface area (Å²) in [6.45, 7) is 2.15. The molecule has 0 spiro atoms. The molecule has 1 unspecified atom stereocenters. The molecule has 1 heterocycles. The molecule has 0 bridgehead atoms. The van der Waals surface area contributed by atoms with E-state index in [0.29, 0.717) is 0 Å². The predicted molar refractivity (Wildman–Crippen MR) is 71.9 cm³/mol. The molecular formula is C15H17FN2. The molecule has 1 atom stereocenters. The van der Waals surface area contributed by atoms with Crippen LogP contribution in [0.2, 0.25) is 0 Å². The minimum Gasteiger partial charge on any atom is -0.377 e. The van der Waals surface area contributed by atoms with Crippen molar-refractivity contribution in [3.63, 3.8) is 0 Å². The van der Waals surface area contributed by atoms with Crippen LogP contribution < -0.4 is 5.32 Å². The molecule has 0 radical (unpaired) electrons. The highest BCUT2D eigenvalue weighted by molar-refractivity contribution is 5.43. The Bertz CT molecular complexity index is 468. The van der Waals surface area contributed by atoms with E-state index in [1.165, 1.54) is 17.8 Å². The van der Waals surface area contributed by atoms with Gasteiger partial charge in [0.05, 0.1) is 17.9 Å². The van der Waals surface area contributed by atoms with Gasteiger partial charge >= 0.3 is 0 Å². The third kappa shape index (κ3) is 3.29. The number of nitrogens with zero attached hydrogens (tertiary/aromatic N) is 1. The Morgan fingerprint density at radius 3 is 2.56 bits per heavy atom. The number of hydrogen-bond acceptors (Lipinski definition) is 2. The second-order valence-corrected chi connectivity index (χ2v) is 4.27. The standard InChI is InChI=1S/C15H17FN2/c1-2-6-14(12-7-4-3-5-8-12)18-13-9-10-15(16)17-11-13/h3-5,7-11,14,18H,2,6H2,1H3. The fraction of sp³-hybridized carbons (Fsp3) is 0.267. The Labute approximate surface area is 107 Å². The number of halogens is 1. The molecule has 1 aromatic carbocycles. The summed E-state index contributed by atoms with van der Waals surface area (Å²) in [5.41, 5.74) is 2.09. The van der Waals surface area contributed by atoms with E-state index in [-0.39, 0.29) is 6.04 Å². The molecule has 18 heavy (non-hydrogen) atoms.